The van der Waals surface area contributed by atoms with E-state index in [0.29, 0.717) is 25.4 Å². The summed E-state index contributed by atoms with van der Waals surface area (Å²) in [7, 11) is 1.36. The van der Waals surface area contributed by atoms with Crippen LogP contribution in [0.4, 0.5) is 0 Å². The Morgan fingerprint density at radius 3 is 2.38 bits per heavy atom. The molecule has 0 aliphatic carbocycles. The summed E-state index contributed by atoms with van der Waals surface area (Å²) in [6.07, 6.45) is 1.84. The van der Waals surface area contributed by atoms with Crippen molar-refractivity contribution in [3.05, 3.63) is 0 Å². The number of esters is 1. The Bertz CT molecular complexity index is 228. The number of ether oxygens (including phenoxy) is 1. The number of carbonyl (C=O) groups is 2. The maximum Gasteiger partial charge on any atom is 0.307 e. The van der Waals surface area contributed by atoms with Gasteiger partial charge in [0.2, 0.25) is 5.91 Å². The normalized spacial score (nSPS) is 12.0. The van der Waals surface area contributed by atoms with Crippen molar-refractivity contribution in [2.24, 2.45) is 5.92 Å². The van der Waals surface area contributed by atoms with Gasteiger partial charge in [-0.15, -0.1) is 0 Å². The summed E-state index contributed by atoms with van der Waals surface area (Å²) < 4.78 is 4.55. The summed E-state index contributed by atoms with van der Waals surface area (Å²) in [6, 6.07) is 0. The Kier molecular flexibility index (Phi) is 7.60. The molecule has 0 bridgehead atoms. The lowest BCUT2D eigenvalue weighted by atomic mass is 10.0. The van der Waals surface area contributed by atoms with Gasteiger partial charge < -0.3 is 9.64 Å². The molecule has 0 spiro atoms. The summed E-state index contributed by atoms with van der Waals surface area (Å²) in [5.41, 5.74) is 0. The van der Waals surface area contributed by atoms with Crippen LogP contribution in [0.1, 0.15) is 40.0 Å². The van der Waals surface area contributed by atoms with Crippen LogP contribution in [0, 0.1) is 5.92 Å². The topological polar surface area (TPSA) is 46.6 Å². The highest BCUT2D eigenvalue weighted by molar-refractivity contribution is 5.77. The zero-order valence-electron chi connectivity index (χ0n) is 10.8. The van der Waals surface area contributed by atoms with E-state index in [2.05, 4.69) is 18.6 Å². The molecule has 1 amide bonds. The van der Waals surface area contributed by atoms with Crippen molar-refractivity contribution in [1.82, 2.24) is 4.90 Å². The Balaban J connectivity index is 4.06. The quantitative estimate of drug-likeness (QED) is 0.626. The molecule has 0 rings (SSSR count). The van der Waals surface area contributed by atoms with Crippen molar-refractivity contribution in [2.75, 3.05) is 20.2 Å². The van der Waals surface area contributed by atoms with Crippen LogP contribution in [0.25, 0.3) is 0 Å². The number of nitrogens with zero attached hydrogens (tertiary/aromatic N) is 1. The minimum absolute atomic E-state index is 0.126. The molecule has 0 N–H and O–H groups in total. The smallest absolute Gasteiger partial charge is 0.307 e. The lowest BCUT2D eigenvalue weighted by Crippen LogP contribution is -2.33. The molecule has 1 atom stereocenters. The highest BCUT2D eigenvalue weighted by atomic mass is 16.5. The number of methoxy groups -OCH3 is 1. The van der Waals surface area contributed by atoms with E-state index in [1.165, 1.54) is 7.11 Å². The Labute approximate surface area is 98.0 Å². The molecule has 0 aliphatic rings. The highest BCUT2D eigenvalue weighted by Crippen LogP contribution is 2.09. The monoisotopic (exact) mass is 229 g/mol. The maximum atomic E-state index is 11.8. The number of hydrogen-bond donors (Lipinski definition) is 0. The number of amides is 1. The fraction of sp³-hybridized carbons (Fsp3) is 0.833. The predicted octanol–water partition coefficient (Wildman–Crippen LogP) is 1.83. The lowest BCUT2D eigenvalue weighted by molar-refractivity contribution is -0.141. The van der Waals surface area contributed by atoms with E-state index < -0.39 is 0 Å². The van der Waals surface area contributed by atoms with Crippen LogP contribution in [0.15, 0.2) is 0 Å². The molecule has 0 saturated heterocycles. The van der Waals surface area contributed by atoms with E-state index >= 15 is 0 Å². The molecule has 4 heteroatoms. The van der Waals surface area contributed by atoms with Gasteiger partial charge in [0.15, 0.2) is 0 Å². The van der Waals surface area contributed by atoms with Gasteiger partial charge in [-0.3, -0.25) is 9.59 Å². The van der Waals surface area contributed by atoms with Gasteiger partial charge in [-0.05, 0) is 12.8 Å². The van der Waals surface area contributed by atoms with E-state index in [-0.39, 0.29) is 18.3 Å². The average Bonchev–Trinajstić information content (AvgIpc) is 2.29. The molecule has 4 nitrogen and oxygen atoms in total. The zero-order chi connectivity index (χ0) is 12.6. The van der Waals surface area contributed by atoms with Crippen molar-refractivity contribution in [3.8, 4) is 0 Å². The van der Waals surface area contributed by atoms with Gasteiger partial charge in [0.25, 0.3) is 0 Å². The van der Waals surface area contributed by atoms with E-state index in [1.54, 1.807) is 4.90 Å². The van der Waals surface area contributed by atoms with Gasteiger partial charge in [-0.2, -0.15) is 0 Å². The number of carbonyl (C=O) groups excluding carboxylic acids is 2. The van der Waals surface area contributed by atoms with Crippen LogP contribution < -0.4 is 0 Å². The van der Waals surface area contributed by atoms with Crippen molar-refractivity contribution in [2.45, 2.75) is 40.0 Å². The second kappa shape index (κ2) is 8.13. The van der Waals surface area contributed by atoms with E-state index in [4.69, 9.17) is 0 Å². The van der Waals surface area contributed by atoms with Gasteiger partial charge in [0.05, 0.1) is 13.5 Å². The molecule has 16 heavy (non-hydrogen) atoms. The highest BCUT2D eigenvalue weighted by Gasteiger charge is 2.15. The molecule has 0 radical (unpaired) electrons. The fourth-order valence-electron chi connectivity index (χ4n) is 1.36. The number of rotatable bonds is 7. The third-order valence-corrected chi connectivity index (χ3v) is 2.77. The van der Waals surface area contributed by atoms with Crippen molar-refractivity contribution < 1.29 is 14.3 Å². The Hall–Kier alpha value is -1.06. The molecule has 0 heterocycles. The largest absolute Gasteiger partial charge is 0.469 e. The van der Waals surface area contributed by atoms with Gasteiger partial charge in [-0.1, -0.05) is 20.3 Å². The SMILES string of the molecule is CCC(C)CC(=O)N(CC)CCC(=O)OC. The maximum absolute atomic E-state index is 11.8. The van der Waals surface area contributed by atoms with E-state index in [1.807, 2.05) is 6.92 Å². The molecule has 0 aliphatic heterocycles. The second-order valence-corrected chi connectivity index (χ2v) is 4.02. The average molecular weight is 229 g/mol. The van der Waals surface area contributed by atoms with Crippen LogP contribution in [0.3, 0.4) is 0 Å². The van der Waals surface area contributed by atoms with Gasteiger partial charge in [0.1, 0.15) is 0 Å². The summed E-state index contributed by atoms with van der Waals surface area (Å²) in [6.45, 7) is 7.16. The summed E-state index contributed by atoms with van der Waals surface area (Å²) in [5.74, 6) is 0.259. The first kappa shape index (κ1) is 14.9. The molecule has 0 fully saturated rings. The molecule has 94 valence electrons. The second-order valence-electron chi connectivity index (χ2n) is 4.02. The minimum atomic E-state index is -0.269. The molecule has 1 unspecified atom stereocenters. The summed E-state index contributed by atoms with van der Waals surface area (Å²) >= 11 is 0. The lowest BCUT2D eigenvalue weighted by Gasteiger charge is -2.21. The Morgan fingerprint density at radius 2 is 1.94 bits per heavy atom. The van der Waals surface area contributed by atoms with Crippen LogP contribution >= 0.6 is 0 Å². The van der Waals surface area contributed by atoms with Crippen molar-refractivity contribution in [1.29, 1.82) is 0 Å². The standard InChI is InChI=1S/C12H23NO3/c1-5-10(3)9-11(14)13(6-2)8-7-12(15)16-4/h10H,5-9H2,1-4H3. The number of hydrogen-bond acceptors (Lipinski definition) is 3. The first-order valence-corrected chi connectivity index (χ1v) is 5.89. The van der Waals surface area contributed by atoms with E-state index in [9.17, 15) is 9.59 Å². The first-order chi connectivity index (χ1) is 7.54. The molecule has 0 aromatic rings. The summed E-state index contributed by atoms with van der Waals surface area (Å²) in [4.78, 5) is 24.5. The molecule has 0 saturated carbocycles. The molecular formula is C12H23NO3. The van der Waals surface area contributed by atoms with Crippen molar-refractivity contribution in [3.63, 3.8) is 0 Å². The zero-order valence-corrected chi connectivity index (χ0v) is 10.8. The third-order valence-electron chi connectivity index (χ3n) is 2.77. The van der Waals surface area contributed by atoms with Gasteiger partial charge >= 0.3 is 5.97 Å². The fourth-order valence-corrected chi connectivity index (χ4v) is 1.36. The van der Waals surface area contributed by atoms with E-state index in [0.717, 1.165) is 6.42 Å². The minimum Gasteiger partial charge on any atom is -0.469 e. The van der Waals surface area contributed by atoms with Crippen LogP contribution in [-0.2, 0) is 14.3 Å². The van der Waals surface area contributed by atoms with Crippen LogP contribution in [0.5, 0.6) is 0 Å². The third kappa shape index (κ3) is 5.73. The van der Waals surface area contributed by atoms with Crippen molar-refractivity contribution >= 4 is 11.9 Å². The van der Waals surface area contributed by atoms with Crippen LogP contribution in [0.2, 0.25) is 0 Å². The first-order valence-electron chi connectivity index (χ1n) is 5.89. The van der Waals surface area contributed by atoms with Gasteiger partial charge in [0, 0.05) is 19.5 Å². The molecule has 0 aromatic carbocycles. The van der Waals surface area contributed by atoms with Crippen LogP contribution in [-0.4, -0.2) is 37.0 Å². The van der Waals surface area contributed by atoms with Gasteiger partial charge in [-0.25, -0.2) is 0 Å². The molecular weight excluding hydrogens is 206 g/mol. The molecule has 0 aromatic heterocycles. The Morgan fingerprint density at radius 1 is 1.31 bits per heavy atom. The predicted molar refractivity (Wildman–Crippen MR) is 63.0 cm³/mol. The summed E-state index contributed by atoms with van der Waals surface area (Å²) in [5, 5.41) is 0.